The zero-order valence-electron chi connectivity index (χ0n) is 13.8. The summed E-state index contributed by atoms with van der Waals surface area (Å²) in [5, 5.41) is 3.14. The highest BCUT2D eigenvalue weighted by Crippen LogP contribution is 2.18. The van der Waals surface area contributed by atoms with Gasteiger partial charge in [0.25, 0.3) is 5.91 Å². The summed E-state index contributed by atoms with van der Waals surface area (Å²) >= 11 is 0. The van der Waals surface area contributed by atoms with Crippen molar-refractivity contribution in [3.63, 3.8) is 0 Å². The molecule has 2 aliphatic rings. The molecule has 4 nitrogen and oxygen atoms in total. The maximum Gasteiger partial charge on any atom is 0.278 e. The van der Waals surface area contributed by atoms with Gasteiger partial charge in [-0.25, -0.2) is 0 Å². The Bertz CT molecular complexity index is 519. The van der Waals surface area contributed by atoms with Crippen LogP contribution in [-0.2, 0) is 11.3 Å². The Labute approximate surface area is 133 Å². The van der Waals surface area contributed by atoms with Crippen molar-refractivity contribution in [1.29, 1.82) is 0 Å². The van der Waals surface area contributed by atoms with Crippen LogP contribution in [0.1, 0.15) is 30.9 Å². The fourth-order valence-electron chi connectivity index (χ4n) is 3.38. The number of piperazine rings is 1. The molecule has 0 spiro atoms. The minimum atomic E-state index is 0.0983. The van der Waals surface area contributed by atoms with Crippen LogP contribution in [0.25, 0.3) is 0 Å². The van der Waals surface area contributed by atoms with Crippen molar-refractivity contribution in [3.05, 3.63) is 35.4 Å². The van der Waals surface area contributed by atoms with Crippen LogP contribution in [0.2, 0.25) is 0 Å². The minimum absolute atomic E-state index is 0.0983. The number of aryl methyl sites for hydroxylation is 1. The number of amides is 1. The molecule has 1 aliphatic heterocycles. The van der Waals surface area contributed by atoms with Gasteiger partial charge in [0.05, 0.1) is 0 Å². The normalized spacial score (nSPS) is 26.5. The molecule has 1 saturated carbocycles. The molecule has 1 saturated heterocycles. The summed E-state index contributed by atoms with van der Waals surface area (Å²) in [7, 11) is 0. The van der Waals surface area contributed by atoms with E-state index in [1.165, 1.54) is 28.9 Å². The van der Waals surface area contributed by atoms with Gasteiger partial charge in [-0.05, 0) is 26.7 Å². The molecule has 1 heterocycles. The van der Waals surface area contributed by atoms with Crippen LogP contribution in [0.15, 0.2) is 24.3 Å². The van der Waals surface area contributed by atoms with Gasteiger partial charge in [-0.1, -0.05) is 29.8 Å². The smallest absolute Gasteiger partial charge is 0.278 e. The van der Waals surface area contributed by atoms with Gasteiger partial charge in [0, 0.05) is 11.6 Å². The SMILES string of the molecule is Cc1cccc(C[NH+]2CC[NH+]([C@H](C)C(=O)NC3CC3)CC2)c1. The Morgan fingerprint density at radius 2 is 2.00 bits per heavy atom. The second kappa shape index (κ2) is 6.80. The van der Waals surface area contributed by atoms with Crippen LogP contribution in [0.4, 0.5) is 0 Å². The maximum atomic E-state index is 12.2. The number of hydrogen-bond acceptors (Lipinski definition) is 1. The third kappa shape index (κ3) is 4.08. The quantitative estimate of drug-likeness (QED) is 0.638. The summed E-state index contributed by atoms with van der Waals surface area (Å²) in [6.07, 6.45) is 2.34. The van der Waals surface area contributed by atoms with Crippen LogP contribution >= 0.6 is 0 Å². The van der Waals surface area contributed by atoms with Crippen LogP contribution in [0.3, 0.4) is 0 Å². The van der Waals surface area contributed by atoms with E-state index in [4.69, 9.17) is 0 Å². The zero-order chi connectivity index (χ0) is 15.5. The van der Waals surface area contributed by atoms with Crippen molar-refractivity contribution in [2.24, 2.45) is 0 Å². The van der Waals surface area contributed by atoms with E-state index in [0.29, 0.717) is 6.04 Å². The molecule has 1 aromatic carbocycles. The fourth-order valence-corrected chi connectivity index (χ4v) is 3.38. The second-order valence-electron chi connectivity index (χ2n) is 7.08. The van der Waals surface area contributed by atoms with Crippen molar-refractivity contribution in [2.75, 3.05) is 26.2 Å². The lowest BCUT2D eigenvalue weighted by Gasteiger charge is -2.32. The Morgan fingerprint density at radius 1 is 1.27 bits per heavy atom. The Balaban J connectivity index is 1.46. The zero-order valence-corrected chi connectivity index (χ0v) is 13.8. The standard InChI is InChI=1S/C18H27N3O/c1-14-4-3-5-16(12-14)13-20-8-10-21(11-9-20)15(2)18(22)19-17-6-7-17/h3-5,12,15,17H,6-11,13H2,1-2H3,(H,19,22)/p+2/t15-/m1/s1. The van der Waals surface area contributed by atoms with E-state index in [1.54, 1.807) is 4.90 Å². The average Bonchev–Trinajstić information content (AvgIpc) is 3.31. The molecule has 0 radical (unpaired) electrons. The number of quaternary nitrogens is 2. The first-order chi connectivity index (χ1) is 10.6. The van der Waals surface area contributed by atoms with Crippen molar-refractivity contribution in [3.8, 4) is 0 Å². The number of carbonyl (C=O) groups is 1. The second-order valence-corrected chi connectivity index (χ2v) is 7.08. The molecular weight excluding hydrogens is 274 g/mol. The molecular formula is C18H29N3O+2. The molecule has 1 aliphatic carbocycles. The summed E-state index contributed by atoms with van der Waals surface area (Å²) in [4.78, 5) is 15.3. The van der Waals surface area contributed by atoms with E-state index in [9.17, 15) is 4.79 Å². The topological polar surface area (TPSA) is 38.0 Å². The number of carbonyl (C=O) groups excluding carboxylic acids is 1. The van der Waals surface area contributed by atoms with Gasteiger partial charge in [0.1, 0.15) is 32.7 Å². The summed E-state index contributed by atoms with van der Waals surface area (Å²) in [6.45, 7) is 9.85. The minimum Gasteiger partial charge on any atom is -0.348 e. The Hall–Kier alpha value is -1.39. The van der Waals surface area contributed by atoms with E-state index in [2.05, 4.69) is 43.4 Å². The van der Waals surface area contributed by atoms with E-state index >= 15 is 0 Å². The fraction of sp³-hybridized carbons (Fsp3) is 0.611. The van der Waals surface area contributed by atoms with Gasteiger partial charge in [-0.15, -0.1) is 0 Å². The predicted octanol–water partition coefficient (Wildman–Crippen LogP) is -1.05. The van der Waals surface area contributed by atoms with Crippen LogP contribution < -0.4 is 15.1 Å². The Morgan fingerprint density at radius 3 is 2.64 bits per heavy atom. The lowest BCUT2D eigenvalue weighted by molar-refractivity contribution is -1.02. The summed E-state index contributed by atoms with van der Waals surface area (Å²) in [5.41, 5.74) is 2.77. The number of rotatable bonds is 5. The van der Waals surface area contributed by atoms with E-state index in [0.717, 1.165) is 32.7 Å². The number of nitrogens with one attached hydrogen (secondary N) is 3. The molecule has 3 N–H and O–H groups in total. The number of benzene rings is 1. The van der Waals surface area contributed by atoms with Crippen LogP contribution in [0, 0.1) is 6.92 Å². The highest BCUT2D eigenvalue weighted by atomic mass is 16.2. The predicted molar refractivity (Wildman–Crippen MR) is 86.9 cm³/mol. The van der Waals surface area contributed by atoms with Gasteiger partial charge < -0.3 is 15.1 Å². The molecule has 1 aromatic rings. The first-order valence-corrected chi connectivity index (χ1v) is 8.66. The largest absolute Gasteiger partial charge is 0.348 e. The van der Waals surface area contributed by atoms with Gasteiger partial charge in [-0.2, -0.15) is 0 Å². The highest BCUT2D eigenvalue weighted by molar-refractivity contribution is 5.80. The molecule has 0 unspecified atom stereocenters. The third-order valence-corrected chi connectivity index (χ3v) is 5.07. The molecule has 2 fully saturated rings. The number of hydrogen-bond donors (Lipinski definition) is 3. The third-order valence-electron chi connectivity index (χ3n) is 5.07. The van der Waals surface area contributed by atoms with E-state index < -0.39 is 0 Å². The maximum absolute atomic E-state index is 12.2. The summed E-state index contributed by atoms with van der Waals surface area (Å²) < 4.78 is 0. The lowest BCUT2D eigenvalue weighted by Crippen LogP contribution is -3.29. The summed E-state index contributed by atoms with van der Waals surface area (Å²) in [6, 6.07) is 9.39. The van der Waals surface area contributed by atoms with Gasteiger partial charge >= 0.3 is 0 Å². The molecule has 3 rings (SSSR count). The van der Waals surface area contributed by atoms with Crippen LogP contribution in [0.5, 0.6) is 0 Å². The average molecular weight is 303 g/mol. The van der Waals surface area contributed by atoms with Crippen molar-refractivity contribution in [1.82, 2.24) is 5.32 Å². The van der Waals surface area contributed by atoms with Gasteiger partial charge in [0.15, 0.2) is 6.04 Å². The first kappa shape index (κ1) is 15.5. The van der Waals surface area contributed by atoms with E-state index in [-0.39, 0.29) is 11.9 Å². The first-order valence-electron chi connectivity index (χ1n) is 8.66. The molecule has 22 heavy (non-hydrogen) atoms. The monoisotopic (exact) mass is 303 g/mol. The Kier molecular flexibility index (Phi) is 4.79. The molecule has 0 bridgehead atoms. The van der Waals surface area contributed by atoms with Crippen molar-refractivity contribution in [2.45, 2.75) is 45.3 Å². The van der Waals surface area contributed by atoms with Gasteiger partial charge in [-0.3, -0.25) is 4.79 Å². The van der Waals surface area contributed by atoms with Crippen LogP contribution in [-0.4, -0.2) is 44.2 Å². The molecule has 1 amide bonds. The summed E-state index contributed by atoms with van der Waals surface area (Å²) in [5.74, 6) is 0.250. The van der Waals surface area contributed by atoms with Crippen molar-refractivity contribution < 1.29 is 14.6 Å². The molecule has 4 heteroatoms. The molecule has 0 aromatic heterocycles. The van der Waals surface area contributed by atoms with Crippen molar-refractivity contribution >= 4 is 5.91 Å². The molecule has 1 atom stereocenters. The highest BCUT2D eigenvalue weighted by Gasteiger charge is 2.33. The lowest BCUT2D eigenvalue weighted by atomic mass is 10.1. The van der Waals surface area contributed by atoms with E-state index in [1.807, 2.05) is 0 Å². The van der Waals surface area contributed by atoms with Gasteiger partial charge in [0.2, 0.25) is 0 Å². The molecule has 120 valence electrons.